The van der Waals surface area contributed by atoms with Gasteiger partial charge in [-0.25, -0.2) is 0 Å². The summed E-state index contributed by atoms with van der Waals surface area (Å²) >= 11 is 0. The first-order valence-electron chi connectivity index (χ1n) is 9.13. The standard InChI is InChI=1S/C21H24N2O3/c24-19(12-11-17-7-2-1-3-8-17)18-9-6-14-22(15-18)21(26)16-23-13-5-4-10-20(23)25/h1-5,7-8,10,13,18H,6,9,11-12,14-16H2. The zero-order valence-corrected chi connectivity index (χ0v) is 14.8. The fourth-order valence-corrected chi connectivity index (χ4v) is 3.42. The molecule has 2 aromatic rings. The highest BCUT2D eigenvalue weighted by molar-refractivity contribution is 5.83. The number of amides is 1. The second-order valence-electron chi connectivity index (χ2n) is 6.80. The Hall–Kier alpha value is -2.69. The van der Waals surface area contributed by atoms with E-state index >= 15 is 0 Å². The van der Waals surface area contributed by atoms with Crippen LogP contribution in [0.2, 0.25) is 0 Å². The molecule has 26 heavy (non-hydrogen) atoms. The second-order valence-corrected chi connectivity index (χ2v) is 6.80. The van der Waals surface area contributed by atoms with Gasteiger partial charge in [-0.3, -0.25) is 14.4 Å². The molecule has 1 aromatic carbocycles. The molecule has 0 spiro atoms. The van der Waals surface area contributed by atoms with E-state index in [1.54, 1.807) is 23.2 Å². The first kappa shape index (κ1) is 18.1. The van der Waals surface area contributed by atoms with Crippen molar-refractivity contribution in [2.45, 2.75) is 32.2 Å². The average molecular weight is 352 g/mol. The van der Waals surface area contributed by atoms with Crippen molar-refractivity contribution in [1.82, 2.24) is 9.47 Å². The summed E-state index contributed by atoms with van der Waals surface area (Å²) in [6, 6.07) is 14.8. The summed E-state index contributed by atoms with van der Waals surface area (Å²) in [5.74, 6) is 0.0333. The first-order chi connectivity index (χ1) is 12.6. The molecule has 1 saturated heterocycles. The number of likely N-dealkylation sites (tertiary alicyclic amines) is 1. The molecule has 1 unspecified atom stereocenters. The molecule has 1 aliphatic heterocycles. The van der Waals surface area contributed by atoms with Gasteiger partial charge in [0.2, 0.25) is 5.91 Å². The number of carbonyl (C=O) groups excluding carboxylic acids is 2. The van der Waals surface area contributed by atoms with Gasteiger partial charge in [0.05, 0.1) is 0 Å². The molecule has 3 rings (SSSR count). The van der Waals surface area contributed by atoms with Crippen LogP contribution in [0, 0.1) is 5.92 Å². The number of hydrogen-bond acceptors (Lipinski definition) is 3. The quantitative estimate of drug-likeness (QED) is 0.801. The summed E-state index contributed by atoms with van der Waals surface area (Å²) in [4.78, 5) is 38.6. The molecule has 5 heteroatoms. The molecule has 1 atom stereocenters. The number of piperidine rings is 1. The van der Waals surface area contributed by atoms with E-state index in [0.29, 0.717) is 19.5 Å². The number of aromatic nitrogens is 1. The number of rotatable bonds is 6. The molecule has 1 fully saturated rings. The minimum Gasteiger partial charge on any atom is -0.340 e. The van der Waals surface area contributed by atoms with Gasteiger partial charge in [0, 0.05) is 37.7 Å². The maximum absolute atomic E-state index is 12.6. The van der Waals surface area contributed by atoms with Crippen LogP contribution < -0.4 is 5.56 Å². The number of benzene rings is 1. The van der Waals surface area contributed by atoms with Crippen LogP contribution in [0.15, 0.2) is 59.5 Å². The smallest absolute Gasteiger partial charge is 0.250 e. The minimum absolute atomic E-state index is 0.0323. The van der Waals surface area contributed by atoms with E-state index in [0.717, 1.165) is 24.8 Å². The van der Waals surface area contributed by atoms with E-state index < -0.39 is 0 Å². The van der Waals surface area contributed by atoms with Crippen LogP contribution in [0.3, 0.4) is 0 Å². The van der Waals surface area contributed by atoms with Crippen molar-refractivity contribution in [1.29, 1.82) is 0 Å². The third-order valence-electron chi connectivity index (χ3n) is 4.94. The van der Waals surface area contributed by atoms with E-state index in [-0.39, 0.29) is 29.7 Å². The van der Waals surface area contributed by atoms with Crippen LogP contribution in [0.1, 0.15) is 24.8 Å². The zero-order valence-electron chi connectivity index (χ0n) is 14.8. The molecule has 2 heterocycles. The summed E-state index contributed by atoms with van der Waals surface area (Å²) in [5.41, 5.74) is 0.974. The lowest BCUT2D eigenvalue weighted by Gasteiger charge is -2.32. The third kappa shape index (κ3) is 4.69. The Bertz CT molecular complexity index is 813. The van der Waals surface area contributed by atoms with Crippen molar-refractivity contribution >= 4 is 11.7 Å². The van der Waals surface area contributed by atoms with Gasteiger partial charge >= 0.3 is 0 Å². The highest BCUT2D eigenvalue weighted by Gasteiger charge is 2.28. The second kappa shape index (κ2) is 8.61. The number of ketones is 1. The van der Waals surface area contributed by atoms with Crippen LogP contribution in [-0.2, 0) is 22.6 Å². The molecule has 0 radical (unpaired) electrons. The van der Waals surface area contributed by atoms with E-state index in [1.165, 1.54) is 10.6 Å². The molecule has 0 aliphatic carbocycles. The number of pyridine rings is 1. The number of carbonyl (C=O) groups is 2. The van der Waals surface area contributed by atoms with Crippen molar-refractivity contribution < 1.29 is 9.59 Å². The Kier molecular flexibility index (Phi) is 6.00. The molecule has 0 N–H and O–H groups in total. The molecule has 1 amide bonds. The monoisotopic (exact) mass is 352 g/mol. The Morgan fingerprint density at radius 3 is 2.58 bits per heavy atom. The summed E-state index contributed by atoms with van der Waals surface area (Å²) in [5, 5.41) is 0. The van der Waals surface area contributed by atoms with Crippen LogP contribution in [0.4, 0.5) is 0 Å². The maximum Gasteiger partial charge on any atom is 0.250 e. The third-order valence-corrected chi connectivity index (χ3v) is 4.94. The molecule has 0 saturated carbocycles. The van der Waals surface area contributed by atoms with E-state index in [2.05, 4.69) is 0 Å². The van der Waals surface area contributed by atoms with Gasteiger partial charge in [-0.15, -0.1) is 0 Å². The first-order valence-corrected chi connectivity index (χ1v) is 9.13. The fraction of sp³-hybridized carbons (Fsp3) is 0.381. The predicted molar refractivity (Wildman–Crippen MR) is 99.8 cm³/mol. The molecule has 0 bridgehead atoms. The Morgan fingerprint density at radius 1 is 1.04 bits per heavy atom. The predicted octanol–water partition coefficient (Wildman–Crippen LogP) is 2.29. The van der Waals surface area contributed by atoms with Crippen molar-refractivity contribution in [3.8, 4) is 0 Å². The van der Waals surface area contributed by atoms with Gasteiger partial charge in [-0.2, -0.15) is 0 Å². The molecule has 136 valence electrons. The normalized spacial score (nSPS) is 17.1. The summed E-state index contributed by atoms with van der Waals surface area (Å²) in [6.07, 6.45) is 4.53. The molecular weight excluding hydrogens is 328 g/mol. The number of aryl methyl sites for hydroxylation is 1. The summed E-state index contributed by atoms with van der Waals surface area (Å²) < 4.78 is 1.41. The fourth-order valence-electron chi connectivity index (χ4n) is 3.42. The number of nitrogens with zero attached hydrogens (tertiary/aromatic N) is 2. The summed E-state index contributed by atoms with van der Waals surface area (Å²) in [7, 11) is 0. The van der Waals surface area contributed by atoms with Gasteiger partial charge in [0.15, 0.2) is 0 Å². The minimum atomic E-state index is -0.187. The van der Waals surface area contributed by atoms with E-state index in [9.17, 15) is 14.4 Å². The highest BCUT2D eigenvalue weighted by atomic mass is 16.2. The van der Waals surface area contributed by atoms with Gasteiger partial charge in [-0.05, 0) is 30.9 Å². The average Bonchev–Trinajstić information content (AvgIpc) is 2.69. The van der Waals surface area contributed by atoms with Crippen LogP contribution in [-0.4, -0.2) is 34.2 Å². The SMILES string of the molecule is O=C(CCc1ccccc1)C1CCCN(C(=O)Cn2ccccc2=O)C1. The van der Waals surface area contributed by atoms with Crippen LogP contribution >= 0.6 is 0 Å². The number of hydrogen-bond donors (Lipinski definition) is 0. The van der Waals surface area contributed by atoms with Gasteiger partial charge in [0.25, 0.3) is 5.56 Å². The molecule has 1 aromatic heterocycles. The molecular formula is C21H24N2O3. The highest BCUT2D eigenvalue weighted by Crippen LogP contribution is 2.20. The van der Waals surface area contributed by atoms with Crippen molar-refractivity contribution in [3.63, 3.8) is 0 Å². The Morgan fingerprint density at radius 2 is 1.81 bits per heavy atom. The maximum atomic E-state index is 12.6. The van der Waals surface area contributed by atoms with E-state index in [1.807, 2.05) is 30.3 Å². The topological polar surface area (TPSA) is 59.4 Å². The molecule has 1 aliphatic rings. The Balaban J connectivity index is 1.54. The largest absolute Gasteiger partial charge is 0.340 e. The van der Waals surface area contributed by atoms with Gasteiger partial charge in [-0.1, -0.05) is 36.4 Å². The van der Waals surface area contributed by atoms with Crippen LogP contribution in [0.5, 0.6) is 0 Å². The lowest BCUT2D eigenvalue weighted by Crippen LogP contribution is -2.44. The molecule has 5 nitrogen and oxygen atoms in total. The summed E-state index contributed by atoms with van der Waals surface area (Å²) in [6.45, 7) is 1.15. The van der Waals surface area contributed by atoms with Gasteiger partial charge in [0.1, 0.15) is 12.3 Å². The van der Waals surface area contributed by atoms with Crippen molar-refractivity contribution in [3.05, 3.63) is 70.6 Å². The van der Waals surface area contributed by atoms with Crippen molar-refractivity contribution in [2.24, 2.45) is 5.92 Å². The Labute approximate surface area is 153 Å². The van der Waals surface area contributed by atoms with Gasteiger partial charge < -0.3 is 9.47 Å². The zero-order chi connectivity index (χ0) is 18.4. The van der Waals surface area contributed by atoms with E-state index in [4.69, 9.17) is 0 Å². The number of Topliss-reactive ketones (excluding diaryl/α,β-unsaturated/α-hetero) is 1. The van der Waals surface area contributed by atoms with Crippen LogP contribution in [0.25, 0.3) is 0 Å². The lowest BCUT2D eigenvalue weighted by atomic mass is 9.90. The lowest BCUT2D eigenvalue weighted by molar-refractivity contribution is -0.135. The van der Waals surface area contributed by atoms with Crippen molar-refractivity contribution in [2.75, 3.05) is 13.1 Å².